The Kier molecular flexibility index (Phi) is 2.36. The summed E-state index contributed by atoms with van der Waals surface area (Å²) in [6.45, 7) is 0. The van der Waals surface area contributed by atoms with E-state index in [1.54, 1.807) is 23.0 Å². The monoisotopic (exact) mass is 216 g/mol. The zero-order valence-electron chi connectivity index (χ0n) is 8.84. The minimum atomic E-state index is -0.525. The number of nitrogen functional groups attached to an aromatic ring is 1. The number of hydrogen-bond acceptors (Lipinski definition) is 3. The molecule has 1 aromatic carbocycles. The summed E-state index contributed by atoms with van der Waals surface area (Å²) in [5, 5.41) is 4.06. The van der Waals surface area contributed by atoms with Crippen molar-refractivity contribution in [2.45, 2.75) is 0 Å². The molecule has 0 bridgehead atoms. The number of hydrogen-bond donors (Lipinski definition) is 2. The van der Waals surface area contributed by atoms with E-state index < -0.39 is 5.91 Å². The molecule has 0 aliphatic heterocycles. The van der Waals surface area contributed by atoms with E-state index in [0.717, 1.165) is 11.1 Å². The largest absolute Gasteiger partial charge is 0.398 e. The number of rotatable bonds is 2. The maximum atomic E-state index is 11.1. The van der Waals surface area contributed by atoms with Crippen LogP contribution in [0.15, 0.2) is 30.6 Å². The fourth-order valence-corrected chi connectivity index (χ4v) is 1.52. The number of carbonyl (C=O) groups excluding carboxylic acids is 1. The Morgan fingerprint density at radius 1 is 1.38 bits per heavy atom. The second kappa shape index (κ2) is 3.69. The van der Waals surface area contributed by atoms with Gasteiger partial charge in [0.05, 0.1) is 11.8 Å². The van der Waals surface area contributed by atoms with Gasteiger partial charge in [0.2, 0.25) is 0 Å². The summed E-state index contributed by atoms with van der Waals surface area (Å²) >= 11 is 0. The van der Waals surface area contributed by atoms with Gasteiger partial charge in [-0.1, -0.05) is 6.07 Å². The lowest BCUT2D eigenvalue weighted by Crippen LogP contribution is -2.13. The number of aryl methyl sites for hydroxylation is 1. The molecular weight excluding hydrogens is 204 g/mol. The summed E-state index contributed by atoms with van der Waals surface area (Å²) in [5.74, 6) is -0.525. The molecule has 0 fully saturated rings. The van der Waals surface area contributed by atoms with Gasteiger partial charge >= 0.3 is 0 Å². The van der Waals surface area contributed by atoms with Gasteiger partial charge in [0.15, 0.2) is 0 Å². The van der Waals surface area contributed by atoms with Gasteiger partial charge in [0, 0.05) is 24.5 Å². The number of amides is 1. The summed E-state index contributed by atoms with van der Waals surface area (Å²) in [6.07, 6.45) is 3.58. The minimum absolute atomic E-state index is 0.335. The Morgan fingerprint density at radius 3 is 2.69 bits per heavy atom. The molecule has 0 aliphatic carbocycles. The lowest BCUT2D eigenvalue weighted by atomic mass is 10.0. The summed E-state index contributed by atoms with van der Waals surface area (Å²) in [5.41, 5.74) is 13.4. The summed E-state index contributed by atoms with van der Waals surface area (Å²) in [6, 6.07) is 5.18. The molecule has 0 saturated carbocycles. The lowest BCUT2D eigenvalue weighted by Gasteiger charge is -2.03. The number of nitrogens with two attached hydrogens (primary N) is 2. The van der Waals surface area contributed by atoms with Gasteiger partial charge in [-0.2, -0.15) is 5.10 Å². The van der Waals surface area contributed by atoms with Crippen LogP contribution in [0.1, 0.15) is 10.4 Å². The molecule has 16 heavy (non-hydrogen) atoms. The summed E-state index contributed by atoms with van der Waals surface area (Å²) in [7, 11) is 1.83. The summed E-state index contributed by atoms with van der Waals surface area (Å²) < 4.78 is 1.69. The molecule has 4 N–H and O–H groups in total. The number of nitrogens with zero attached hydrogens (tertiary/aromatic N) is 2. The van der Waals surface area contributed by atoms with Crippen molar-refractivity contribution in [3.05, 3.63) is 36.2 Å². The Labute approximate surface area is 92.7 Å². The second-order valence-electron chi connectivity index (χ2n) is 3.57. The van der Waals surface area contributed by atoms with E-state index >= 15 is 0 Å². The molecular formula is C11H12N4O. The topological polar surface area (TPSA) is 86.9 Å². The number of benzene rings is 1. The molecule has 0 spiro atoms. The van der Waals surface area contributed by atoms with Crippen molar-refractivity contribution in [2.75, 3.05) is 5.73 Å². The molecule has 0 atom stereocenters. The van der Waals surface area contributed by atoms with Crippen LogP contribution in [-0.4, -0.2) is 15.7 Å². The van der Waals surface area contributed by atoms with Crippen LogP contribution in [0.25, 0.3) is 11.1 Å². The first-order valence-electron chi connectivity index (χ1n) is 4.76. The third kappa shape index (κ3) is 1.75. The third-order valence-electron chi connectivity index (χ3n) is 2.36. The molecule has 5 heteroatoms. The van der Waals surface area contributed by atoms with Crippen LogP contribution in [0.5, 0.6) is 0 Å². The highest BCUT2D eigenvalue weighted by molar-refractivity contribution is 5.99. The van der Waals surface area contributed by atoms with Crippen LogP contribution in [0.4, 0.5) is 5.69 Å². The maximum absolute atomic E-state index is 11.1. The first-order valence-corrected chi connectivity index (χ1v) is 4.76. The molecule has 0 aliphatic rings. The van der Waals surface area contributed by atoms with E-state index in [0.29, 0.717) is 11.3 Å². The Morgan fingerprint density at radius 2 is 2.12 bits per heavy atom. The number of primary amides is 1. The van der Waals surface area contributed by atoms with Gasteiger partial charge in [-0.3, -0.25) is 9.48 Å². The number of anilines is 1. The quantitative estimate of drug-likeness (QED) is 0.727. The van der Waals surface area contributed by atoms with Gasteiger partial charge in [0.25, 0.3) is 5.91 Å². The molecule has 0 saturated heterocycles. The van der Waals surface area contributed by atoms with Crippen molar-refractivity contribution in [2.24, 2.45) is 12.8 Å². The van der Waals surface area contributed by atoms with Gasteiger partial charge in [-0.05, 0) is 17.7 Å². The average molecular weight is 216 g/mol. The van der Waals surface area contributed by atoms with Crippen molar-refractivity contribution >= 4 is 11.6 Å². The van der Waals surface area contributed by atoms with Crippen molar-refractivity contribution in [3.63, 3.8) is 0 Å². The van der Waals surface area contributed by atoms with Crippen molar-refractivity contribution < 1.29 is 4.79 Å². The average Bonchev–Trinajstić information content (AvgIpc) is 2.65. The molecule has 2 aromatic rings. The first-order chi connectivity index (χ1) is 7.58. The molecule has 0 radical (unpaired) electrons. The van der Waals surface area contributed by atoms with Crippen molar-refractivity contribution in [1.29, 1.82) is 0 Å². The van der Waals surface area contributed by atoms with E-state index in [-0.39, 0.29) is 0 Å². The van der Waals surface area contributed by atoms with E-state index in [9.17, 15) is 4.79 Å². The van der Waals surface area contributed by atoms with Crippen molar-refractivity contribution in [1.82, 2.24) is 9.78 Å². The van der Waals surface area contributed by atoms with Gasteiger partial charge in [-0.15, -0.1) is 0 Å². The smallest absolute Gasteiger partial charge is 0.250 e. The van der Waals surface area contributed by atoms with E-state index in [1.165, 1.54) is 0 Å². The highest BCUT2D eigenvalue weighted by atomic mass is 16.1. The third-order valence-corrected chi connectivity index (χ3v) is 2.36. The van der Waals surface area contributed by atoms with Crippen LogP contribution in [0.2, 0.25) is 0 Å². The molecule has 1 amide bonds. The zero-order chi connectivity index (χ0) is 11.7. The Bertz CT molecular complexity index is 545. The van der Waals surface area contributed by atoms with Crippen LogP contribution >= 0.6 is 0 Å². The summed E-state index contributed by atoms with van der Waals surface area (Å²) in [4.78, 5) is 11.1. The predicted octanol–water partition coefficient (Wildman–Crippen LogP) is 0.768. The predicted molar refractivity (Wildman–Crippen MR) is 61.6 cm³/mol. The van der Waals surface area contributed by atoms with Gasteiger partial charge < -0.3 is 11.5 Å². The Hall–Kier alpha value is -2.30. The fraction of sp³-hybridized carbons (Fsp3) is 0.0909. The van der Waals surface area contributed by atoms with E-state index in [4.69, 9.17) is 11.5 Å². The molecule has 2 rings (SSSR count). The standard InChI is InChI=1S/C11H12N4O/c1-15-6-8(5-14-15)7-2-3-10(12)9(4-7)11(13)16/h2-6H,12H2,1H3,(H2,13,16). The molecule has 1 heterocycles. The van der Waals surface area contributed by atoms with Gasteiger partial charge in [-0.25, -0.2) is 0 Å². The molecule has 5 nitrogen and oxygen atoms in total. The molecule has 1 aromatic heterocycles. The van der Waals surface area contributed by atoms with Crippen LogP contribution in [-0.2, 0) is 7.05 Å². The minimum Gasteiger partial charge on any atom is -0.398 e. The maximum Gasteiger partial charge on any atom is 0.250 e. The van der Waals surface area contributed by atoms with Crippen LogP contribution in [0, 0.1) is 0 Å². The van der Waals surface area contributed by atoms with E-state index in [1.807, 2.05) is 19.3 Å². The normalized spacial score (nSPS) is 10.3. The van der Waals surface area contributed by atoms with Crippen molar-refractivity contribution in [3.8, 4) is 11.1 Å². The van der Waals surface area contributed by atoms with Crippen LogP contribution in [0.3, 0.4) is 0 Å². The Balaban J connectivity index is 2.51. The van der Waals surface area contributed by atoms with E-state index in [2.05, 4.69) is 5.10 Å². The first kappa shape index (κ1) is 10.2. The molecule has 82 valence electrons. The number of aromatic nitrogens is 2. The SMILES string of the molecule is Cn1cc(-c2ccc(N)c(C(N)=O)c2)cn1. The number of carbonyl (C=O) groups is 1. The molecule has 0 unspecified atom stereocenters. The fourth-order valence-electron chi connectivity index (χ4n) is 1.52. The lowest BCUT2D eigenvalue weighted by molar-refractivity contribution is 0.100. The second-order valence-corrected chi connectivity index (χ2v) is 3.57. The van der Waals surface area contributed by atoms with Gasteiger partial charge in [0.1, 0.15) is 0 Å². The van der Waals surface area contributed by atoms with Crippen LogP contribution < -0.4 is 11.5 Å². The zero-order valence-corrected chi connectivity index (χ0v) is 8.84. The highest BCUT2D eigenvalue weighted by Crippen LogP contribution is 2.22. The highest BCUT2D eigenvalue weighted by Gasteiger charge is 2.08.